The van der Waals surface area contributed by atoms with Gasteiger partial charge in [0.05, 0.1) is 0 Å². The molecule has 1 aromatic rings. The monoisotopic (exact) mass is 221 g/mol. The van der Waals surface area contributed by atoms with Crippen LogP contribution < -0.4 is 5.32 Å². The molecule has 1 N–H and O–H groups in total. The number of benzene rings is 1. The molecule has 0 aliphatic rings. The Morgan fingerprint density at radius 3 is 3.00 bits per heavy atom. The Labute approximate surface area is 94.6 Å². The van der Waals surface area contributed by atoms with E-state index in [2.05, 4.69) is 11.2 Å². The second kappa shape index (κ2) is 5.43. The summed E-state index contributed by atoms with van der Waals surface area (Å²) in [4.78, 5) is 11.7. The molecule has 0 heterocycles. The van der Waals surface area contributed by atoms with Gasteiger partial charge >= 0.3 is 0 Å². The predicted molar refractivity (Wildman–Crippen MR) is 62.0 cm³/mol. The molecule has 0 aliphatic heterocycles. The lowest BCUT2D eigenvalue weighted by Crippen LogP contribution is -2.24. The van der Waals surface area contributed by atoms with Crippen LogP contribution in [0, 0.1) is 19.3 Å². The van der Waals surface area contributed by atoms with Crippen molar-refractivity contribution in [1.82, 2.24) is 5.32 Å². The molecule has 1 aromatic carbocycles. The molecule has 0 bridgehead atoms. The topological polar surface area (TPSA) is 29.1 Å². The highest BCUT2D eigenvalue weighted by Gasteiger charge is 2.08. The van der Waals surface area contributed by atoms with Crippen LogP contribution in [0.3, 0.4) is 0 Å². The van der Waals surface area contributed by atoms with E-state index in [1.807, 2.05) is 13.0 Å². The average Bonchev–Trinajstić information content (AvgIpc) is 2.22. The minimum atomic E-state index is -0.134. The highest BCUT2D eigenvalue weighted by molar-refractivity contribution is 6.31. The van der Waals surface area contributed by atoms with Crippen molar-refractivity contribution in [2.45, 2.75) is 13.3 Å². The first-order chi connectivity index (χ1) is 7.15. The zero-order valence-corrected chi connectivity index (χ0v) is 9.27. The van der Waals surface area contributed by atoms with E-state index >= 15 is 0 Å². The Bertz CT molecular complexity index is 407. The van der Waals surface area contributed by atoms with E-state index in [1.54, 1.807) is 12.1 Å². The summed E-state index contributed by atoms with van der Waals surface area (Å²) in [5, 5.41) is 3.29. The molecule has 0 aromatic heterocycles. The molecule has 0 spiro atoms. The number of aryl methyl sites for hydroxylation is 1. The Morgan fingerprint density at radius 1 is 1.60 bits per heavy atom. The number of amides is 1. The molecule has 0 unspecified atom stereocenters. The Hall–Kier alpha value is -1.46. The molecule has 0 saturated heterocycles. The zero-order chi connectivity index (χ0) is 11.3. The summed E-state index contributed by atoms with van der Waals surface area (Å²) in [6, 6.07) is 5.23. The van der Waals surface area contributed by atoms with Crippen LogP contribution in [0.2, 0.25) is 5.02 Å². The molecular weight excluding hydrogens is 210 g/mol. The molecule has 2 nitrogen and oxygen atoms in total. The highest BCUT2D eigenvalue weighted by atomic mass is 35.5. The summed E-state index contributed by atoms with van der Waals surface area (Å²) >= 11 is 5.81. The molecule has 0 aliphatic carbocycles. The molecule has 0 fully saturated rings. The lowest BCUT2D eigenvalue weighted by atomic mass is 10.1. The van der Waals surface area contributed by atoms with Gasteiger partial charge in [-0.1, -0.05) is 17.7 Å². The lowest BCUT2D eigenvalue weighted by Gasteiger charge is -2.06. The van der Waals surface area contributed by atoms with Crippen LogP contribution in [0.25, 0.3) is 0 Å². The normalized spacial score (nSPS) is 9.40. The fraction of sp³-hybridized carbons (Fsp3) is 0.250. The number of halogens is 1. The van der Waals surface area contributed by atoms with Gasteiger partial charge in [0, 0.05) is 23.6 Å². The van der Waals surface area contributed by atoms with Crippen LogP contribution in [0.1, 0.15) is 22.3 Å². The Kier molecular flexibility index (Phi) is 4.20. The Balaban J connectivity index is 2.73. The third-order valence-corrected chi connectivity index (χ3v) is 2.23. The molecule has 1 rings (SSSR count). The summed E-state index contributed by atoms with van der Waals surface area (Å²) in [5.41, 5.74) is 1.50. The van der Waals surface area contributed by atoms with Crippen LogP contribution in [-0.4, -0.2) is 12.5 Å². The van der Waals surface area contributed by atoms with Crippen molar-refractivity contribution >= 4 is 17.5 Å². The third kappa shape index (κ3) is 3.30. The van der Waals surface area contributed by atoms with Crippen LogP contribution in [0.5, 0.6) is 0 Å². The van der Waals surface area contributed by atoms with Crippen LogP contribution in [0.15, 0.2) is 18.2 Å². The van der Waals surface area contributed by atoms with E-state index in [-0.39, 0.29) is 5.91 Å². The van der Waals surface area contributed by atoms with Gasteiger partial charge in [-0.3, -0.25) is 4.79 Å². The van der Waals surface area contributed by atoms with Gasteiger partial charge in [-0.15, -0.1) is 12.3 Å². The number of terminal acetylenes is 1. The Morgan fingerprint density at radius 2 is 2.33 bits per heavy atom. The maximum atomic E-state index is 11.7. The molecule has 78 valence electrons. The molecular formula is C12H12ClNO. The first-order valence-electron chi connectivity index (χ1n) is 4.63. The van der Waals surface area contributed by atoms with Crippen molar-refractivity contribution in [2.75, 3.05) is 6.54 Å². The van der Waals surface area contributed by atoms with Crippen molar-refractivity contribution in [3.8, 4) is 12.3 Å². The molecule has 0 radical (unpaired) electrons. The van der Waals surface area contributed by atoms with Crippen molar-refractivity contribution < 1.29 is 4.79 Å². The number of nitrogens with one attached hydrogen (secondary N) is 1. The van der Waals surface area contributed by atoms with Gasteiger partial charge in [0.25, 0.3) is 5.91 Å². The van der Waals surface area contributed by atoms with E-state index in [0.717, 1.165) is 5.56 Å². The van der Waals surface area contributed by atoms with E-state index in [4.69, 9.17) is 18.0 Å². The predicted octanol–water partition coefficient (Wildman–Crippen LogP) is 2.40. The van der Waals surface area contributed by atoms with E-state index < -0.39 is 0 Å². The van der Waals surface area contributed by atoms with Gasteiger partial charge in [0.2, 0.25) is 0 Å². The van der Waals surface area contributed by atoms with Crippen LogP contribution in [0.4, 0.5) is 0 Å². The van der Waals surface area contributed by atoms with E-state index in [9.17, 15) is 4.79 Å². The van der Waals surface area contributed by atoms with Gasteiger partial charge in [-0.2, -0.15) is 0 Å². The van der Waals surface area contributed by atoms with Crippen molar-refractivity contribution in [3.63, 3.8) is 0 Å². The lowest BCUT2D eigenvalue weighted by molar-refractivity contribution is 0.0954. The van der Waals surface area contributed by atoms with Gasteiger partial charge in [-0.05, 0) is 24.6 Å². The largest absolute Gasteiger partial charge is 0.351 e. The van der Waals surface area contributed by atoms with E-state index in [1.165, 1.54) is 0 Å². The molecule has 0 saturated carbocycles. The summed E-state index contributed by atoms with van der Waals surface area (Å²) < 4.78 is 0. The quantitative estimate of drug-likeness (QED) is 0.617. The van der Waals surface area contributed by atoms with Gasteiger partial charge in [-0.25, -0.2) is 0 Å². The maximum Gasteiger partial charge on any atom is 0.251 e. The second-order valence-electron chi connectivity index (χ2n) is 3.17. The molecule has 3 heteroatoms. The fourth-order valence-corrected chi connectivity index (χ4v) is 1.35. The number of carbonyl (C=O) groups excluding carboxylic acids is 1. The molecule has 0 atom stereocenters. The summed E-state index contributed by atoms with van der Waals surface area (Å²) in [6.45, 7) is 2.35. The number of carbonyl (C=O) groups is 1. The number of rotatable bonds is 3. The van der Waals surface area contributed by atoms with E-state index in [0.29, 0.717) is 23.6 Å². The van der Waals surface area contributed by atoms with Crippen molar-refractivity contribution in [3.05, 3.63) is 34.3 Å². The number of hydrogen-bond donors (Lipinski definition) is 1. The maximum absolute atomic E-state index is 11.7. The number of hydrogen-bond acceptors (Lipinski definition) is 1. The summed E-state index contributed by atoms with van der Waals surface area (Å²) in [6.07, 6.45) is 5.62. The third-order valence-electron chi connectivity index (χ3n) is 2.00. The first kappa shape index (κ1) is 11.6. The standard InChI is InChI=1S/C12H12ClNO/c1-3-4-7-14-12(15)11-8-10(13)6-5-9(11)2/h1,5-6,8H,4,7H2,2H3,(H,14,15). The first-order valence-corrected chi connectivity index (χ1v) is 5.00. The second-order valence-corrected chi connectivity index (χ2v) is 3.61. The van der Waals surface area contributed by atoms with Crippen molar-refractivity contribution in [1.29, 1.82) is 0 Å². The van der Waals surface area contributed by atoms with Crippen LogP contribution >= 0.6 is 11.6 Å². The SMILES string of the molecule is C#CCCNC(=O)c1cc(Cl)ccc1C. The zero-order valence-electron chi connectivity index (χ0n) is 8.51. The average molecular weight is 222 g/mol. The van der Waals surface area contributed by atoms with Gasteiger partial charge < -0.3 is 5.32 Å². The van der Waals surface area contributed by atoms with Crippen molar-refractivity contribution in [2.24, 2.45) is 0 Å². The summed E-state index contributed by atoms with van der Waals surface area (Å²) in [7, 11) is 0. The highest BCUT2D eigenvalue weighted by Crippen LogP contribution is 2.15. The summed E-state index contributed by atoms with van der Waals surface area (Å²) in [5.74, 6) is 2.33. The van der Waals surface area contributed by atoms with Crippen LogP contribution in [-0.2, 0) is 0 Å². The smallest absolute Gasteiger partial charge is 0.251 e. The minimum Gasteiger partial charge on any atom is -0.351 e. The molecule has 15 heavy (non-hydrogen) atoms. The fourth-order valence-electron chi connectivity index (χ4n) is 1.18. The molecule has 1 amide bonds. The van der Waals surface area contributed by atoms with Gasteiger partial charge in [0.15, 0.2) is 0 Å². The minimum absolute atomic E-state index is 0.134. The van der Waals surface area contributed by atoms with Gasteiger partial charge in [0.1, 0.15) is 0 Å².